The lowest BCUT2D eigenvalue weighted by atomic mass is 10.1. The fourth-order valence-electron chi connectivity index (χ4n) is 2.02. The second-order valence-corrected chi connectivity index (χ2v) is 5.61. The molecular formula is C15H12ClF3O2S. The molecule has 2 aromatic carbocycles. The summed E-state index contributed by atoms with van der Waals surface area (Å²) >= 11 is 6.95. The number of thioether (sulfide) groups is 1. The number of aliphatic hydroxyl groups is 1. The minimum atomic E-state index is -2.84. The largest absolute Gasteiger partial charge is 0.457 e. The monoisotopic (exact) mass is 348 g/mol. The SMILES string of the molecule is CSc1ccc(Oc2cc(F)cc(Cl)c2)c(C(F)F)c1CO. The molecule has 0 saturated heterocycles. The van der Waals surface area contributed by atoms with E-state index in [9.17, 15) is 18.3 Å². The van der Waals surface area contributed by atoms with Crippen LogP contribution in [0.25, 0.3) is 0 Å². The van der Waals surface area contributed by atoms with Crippen LogP contribution < -0.4 is 4.74 Å². The number of halogens is 4. The molecule has 2 rings (SSSR count). The zero-order valence-corrected chi connectivity index (χ0v) is 13.0. The zero-order chi connectivity index (χ0) is 16.3. The molecule has 0 aliphatic rings. The smallest absolute Gasteiger partial charge is 0.267 e. The minimum Gasteiger partial charge on any atom is -0.457 e. The predicted octanol–water partition coefficient (Wildman–Crippen LogP) is 5.42. The maximum absolute atomic E-state index is 13.4. The van der Waals surface area contributed by atoms with E-state index < -0.39 is 24.4 Å². The highest BCUT2D eigenvalue weighted by atomic mass is 35.5. The molecule has 0 fully saturated rings. The van der Waals surface area contributed by atoms with E-state index in [-0.39, 0.29) is 22.1 Å². The van der Waals surface area contributed by atoms with Gasteiger partial charge >= 0.3 is 0 Å². The van der Waals surface area contributed by atoms with Crippen LogP contribution in [0.15, 0.2) is 35.2 Å². The van der Waals surface area contributed by atoms with Crippen molar-refractivity contribution in [1.29, 1.82) is 0 Å². The molecule has 7 heteroatoms. The summed E-state index contributed by atoms with van der Waals surface area (Å²) in [6, 6.07) is 6.38. The van der Waals surface area contributed by atoms with Crippen molar-refractivity contribution >= 4 is 23.4 Å². The van der Waals surface area contributed by atoms with Gasteiger partial charge in [0.05, 0.1) is 12.2 Å². The molecule has 0 aromatic heterocycles. The molecule has 0 aliphatic heterocycles. The quantitative estimate of drug-likeness (QED) is 0.731. The summed E-state index contributed by atoms with van der Waals surface area (Å²) in [4.78, 5) is 0.530. The van der Waals surface area contributed by atoms with Crippen LogP contribution in [-0.2, 0) is 6.61 Å². The first-order valence-corrected chi connectivity index (χ1v) is 7.79. The molecule has 0 bridgehead atoms. The van der Waals surface area contributed by atoms with E-state index >= 15 is 0 Å². The number of hydrogen-bond acceptors (Lipinski definition) is 3. The predicted molar refractivity (Wildman–Crippen MR) is 80.6 cm³/mol. The van der Waals surface area contributed by atoms with Gasteiger partial charge in [-0.2, -0.15) is 0 Å². The van der Waals surface area contributed by atoms with Gasteiger partial charge < -0.3 is 9.84 Å². The molecule has 1 N–H and O–H groups in total. The second-order valence-electron chi connectivity index (χ2n) is 4.32. The third-order valence-corrected chi connectivity index (χ3v) is 3.97. The average Bonchev–Trinajstić information content (AvgIpc) is 2.45. The van der Waals surface area contributed by atoms with E-state index in [1.807, 2.05) is 0 Å². The summed E-state index contributed by atoms with van der Waals surface area (Å²) in [5.41, 5.74) is -0.308. The minimum absolute atomic E-state index is 0.00712. The summed E-state index contributed by atoms with van der Waals surface area (Å²) in [7, 11) is 0. The Morgan fingerprint density at radius 1 is 1.27 bits per heavy atom. The van der Waals surface area contributed by atoms with Gasteiger partial charge in [0.25, 0.3) is 6.43 Å². The van der Waals surface area contributed by atoms with Crippen molar-refractivity contribution in [3.63, 3.8) is 0 Å². The first kappa shape index (κ1) is 17.0. The third kappa shape index (κ3) is 3.69. The van der Waals surface area contributed by atoms with E-state index in [1.165, 1.54) is 23.9 Å². The van der Waals surface area contributed by atoms with Gasteiger partial charge in [0, 0.05) is 21.5 Å². The van der Waals surface area contributed by atoms with Gasteiger partial charge in [0.1, 0.15) is 17.3 Å². The number of ether oxygens (including phenoxy) is 1. The van der Waals surface area contributed by atoms with Crippen LogP contribution >= 0.6 is 23.4 Å². The Morgan fingerprint density at radius 3 is 2.55 bits per heavy atom. The maximum atomic E-state index is 13.4. The van der Waals surface area contributed by atoms with Crippen molar-refractivity contribution in [3.8, 4) is 11.5 Å². The summed E-state index contributed by atoms with van der Waals surface area (Å²) in [6.07, 6.45) is -1.12. The summed E-state index contributed by atoms with van der Waals surface area (Å²) in [5.74, 6) is -0.768. The van der Waals surface area contributed by atoms with E-state index in [4.69, 9.17) is 16.3 Å². The van der Waals surface area contributed by atoms with Gasteiger partial charge in [-0.05, 0) is 30.5 Å². The van der Waals surface area contributed by atoms with Crippen molar-refractivity contribution in [1.82, 2.24) is 0 Å². The van der Waals surface area contributed by atoms with E-state index in [0.717, 1.165) is 12.1 Å². The molecule has 0 aliphatic carbocycles. The van der Waals surface area contributed by atoms with E-state index in [2.05, 4.69) is 0 Å². The molecule has 0 unspecified atom stereocenters. The van der Waals surface area contributed by atoms with Crippen LogP contribution in [0.1, 0.15) is 17.6 Å². The lowest BCUT2D eigenvalue weighted by Gasteiger charge is -2.16. The summed E-state index contributed by atoms with van der Waals surface area (Å²) in [6.45, 7) is -0.545. The third-order valence-electron chi connectivity index (χ3n) is 2.93. The summed E-state index contributed by atoms with van der Waals surface area (Å²) < 4.78 is 45.4. The van der Waals surface area contributed by atoms with Gasteiger partial charge in [-0.1, -0.05) is 11.6 Å². The summed E-state index contributed by atoms with van der Waals surface area (Å²) in [5, 5.41) is 9.47. The van der Waals surface area contributed by atoms with Gasteiger partial charge in [0.2, 0.25) is 0 Å². The fourth-order valence-corrected chi connectivity index (χ4v) is 2.86. The molecule has 0 saturated carbocycles. The number of benzene rings is 2. The number of aliphatic hydroxyl groups excluding tert-OH is 1. The highest BCUT2D eigenvalue weighted by Crippen LogP contribution is 2.39. The van der Waals surface area contributed by atoms with Gasteiger partial charge in [0.15, 0.2) is 0 Å². The second kappa shape index (κ2) is 7.26. The van der Waals surface area contributed by atoms with Crippen molar-refractivity contribution in [2.45, 2.75) is 17.9 Å². The molecule has 0 heterocycles. The molecule has 2 nitrogen and oxygen atoms in total. The van der Waals surface area contributed by atoms with E-state index in [1.54, 1.807) is 12.3 Å². The van der Waals surface area contributed by atoms with Gasteiger partial charge in [-0.3, -0.25) is 0 Å². The van der Waals surface area contributed by atoms with Crippen molar-refractivity contribution in [3.05, 3.63) is 52.3 Å². The Balaban J connectivity index is 2.50. The van der Waals surface area contributed by atoms with Crippen LogP contribution in [0.4, 0.5) is 13.2 Å². The topological polar surface area (TPSA) is 29.5 Å². The highest BCUT2D eigenvalue weighted by Gasteiger charge is 2.22. The molecule has 22 heavy (non-hydrogen) atoms. The molecule has 2 aromatic rings. The molecule has 0 spiro atoms. The maximum Gasteiger partial charge on any atom is 0.267 e. The Morgan fingerprint density at radius 2 is 2.00 bits per heavy atom. The van der Waals surface area contributed by atoms with Crippen LogP contribution in [-0.4, -0.2) is 11.4 Å². The number of rotatable bonds is 5. The van der Waals surface area contributed by atoms with E-state index in [0.29, 0.717) is 4.90 Å². The Kier molecular flexibility index (Phi) is 5.61. The van der Waals surface area contributed by atoms with Gasteiger partial charge in [-0.25, -0.2) is 13.2 Å². The fraction of sp³-hybridized carbons (Fsp3) is 0.200. The zero-order valence-electron chi connectivity index (χ0n) is 11.4. The van der Waals surface area contributed by atoms with Crippen molar-refractivity contribution in [2.75, 3.05) is 6.26 Å². The normalized spacial score (nSPS) is 11.0. The molecule has 0 radical (unpaired) electrons. The van der Waals surface area contributed by atoms with Crippen molar-refractivity contribution in [2.24, 2.45) is 0 Å². The molecule has 118 valence electrons. The lowest BCUT2D eigenvalue weighted by molar-refractivity contribution is 0.143. The first-order valence-electron chi connectivity index (χ1n) is 6.19. The van der Waals surface area contributed by atoms with Crippen molar-refractivity contribution < 1.29 is 23.0 Å². The molecule has 0 amide bonds. The lowest BCUT2D eigenvalue weighted by Crippen LogP contribution is -2.01. The van der Waals surface area contributed by atoms with Crippen LogP contribution in [0.3, 0.4) is 0 Å². The Labute approximate surface area is 134 Å². The first-order chi connectivity index (χ1) is 10.5. The Bertz CT molecular complexity index is 660. The van der Waals surface area contributed by atoms with Gasteiger partial charge in [-0.15, -0.1) is 11.8 Å². The Hall–Kier alpha value is -1.37. The number of hydrogen-bond donors (Lipinski definition) is 1. The van der Waals surface area contributed by atoms with Crippen LogP contribution in [0.2, 0.25) is 5.02 Å². The average molecular weight is 349 g/mol. The van der Waals surface area contributed by atoms with Crippen LogP contribution in [0, 0.1) is 5.82 Å². The highest BCUT2D eigenvalue weighted by molar-refractivity contribution is 7.98. The standard InChI is InChI=1S/C15H12ClF3O2S/c1-22-13-3-2-12(14(15(18)19)11(13)7-20)21-10-5-8(16)4-9(17)6-10/h2-6,15,20H,7H2,1H3. The molecular weight excluding hydrogens is 337 g/mol. The number of alkyl halides is 2. The molecule has 0 atom stereocenters. The van der Waals surface area contributed by atoms with Crippen LogP contribution in [0.5, 0.6) is 11.5 Å².